The van der Waals surface area contributed by atoms with Crippen LogP contribution in [0.2, 0.25) is 5.02 Å². The first kappa shape index (κ1) is 29.5. The lowest BCUT2D eigenvalue weighted by Crippen LogP contribution is -2.53. The lowest BCUT2D eigenvalue weighted by atomic mass is 9.53. The number of halogens is 2. The Morgan fingerprint density at radius 2 is 1.51 bits per heavy atom. The molecule has 0 spiro atoms. The van der Waals surface area contributed by atoms with Crippen molar-refractivity contribution in [2.75, 3.05) is 4.90 Å². The molecule has 9 nitrogen and oxygen atoms in total. The van der Waals surface area contributed by atoms with Crippen LogP contribution in [-0.2, 0) is 21.5 Å². The van der Waals surface area contributed by atoms with Gasteiger partial charge in [-0.15, -0.1) is 0 Å². The number of hydrogen-bond acceptors (Lipinski definition) is 5. The predicted molar refractivity (Wildman–Crippen MR) is 180 cm³/mol. The first-order chi connectivity index (χ1) is 22.7. The van der Waals surface area contributed by atoms with E-state index in [1.165, 1.54) is 14.3 Å². The van der Waals surface area contributed by atoms with Gasteiger partial charge in [0.05, 0.1) is 35.3 Å². The van der Waals surface area contributed by atoms with Gasteiger partial charge in [-0.25, -0.2) is 28.4 Å². The molecule has 47 heavy (non-hydrogen) atoms. The van der Waals surface area contributed by atoms with Crippen molar-refractivity contribution in [3.8, 4) is 11.4 Å². The Morgan fingerprint density at radius 3 is 2.23 bits per heavy atom. The third-order valence-corrected chi connectivity index (χ3v) is 10.5. The number of rotatable bonds is 4. The van der Waals surface area contributed by atoms with Gasteiger partial charge in [0.15, 0.2) is 0 Å². The molecule has 4 aromatic carbocycles. The van der Waals surface area contributed by atoms with Crippen LogP contribution in [0.4, 0.5) is 5.69 Å². The molecule has 1 saturated heterocycles. The second-order valence-corrected chi connectivity index (χ2v) is 13.4. The van der Waals surface area contributed by atoms with Crippen molar-refractivity contribution < 1.29 is 14.7 Å². The van der Waals surface area contributed by atoms with Gasteiger partial charge in [-0.1, -0.05) is 88.2 Å². The summed E-state index contributed by atoms with van der Waals surface area (Å²) in [6.07, 6.45) is 1.93. The number of carbonyl (C=O) groups is 2. The van der Waals surface area contributed by atoms with Gasteiger partial charge < -0.3 is 5.11 Å². The fraction of sp³-hybridized carbons (Fsp3) is 0.167. The largest absolute Gasteiger partial charge is 0.508 e. The number of carbonyl (C=O) groups excluding carboxylic acids is 2. The van der Waals surface area contributed by atoms with Crippen molar-refractivity contribution in [1.82, 2.24) is 13.9 Å². The first-order valence-corrected chi connectivity index (χ1v) is 16.3. The van der Waals surface area contributed by atoms with E-state index in [1.54, 1.807) is 72.8 Å². The van der Waals surface area contributed by atoms with Gasteiger partial charge in [-0.2, -0.15) is 0 Å². The highest BCUT2D eigenvalue weighted by molar-refractivity contribution is 9.10. The molecule has 4 unspecified atom stereocenters. The molecule has 4 atom stereocenters. The van der Waals surface area contributed by atoms with Crippen molar-refractivity contribution >= 4 is 45.0 Å². The van der Waals surface area contributed by atoms with Crippen LogP contribution < -0.4 is 16.3 Å². The minimum Gasteiger partial charge on any atom is -0.508 e. The van der Waals surface area contributed by atoms with Gasteiger partial charge in [0.1, 0.15) is 5.75 Å². The quantitative estimate of drug-likeness (QED) is 0.190. The number of amides is 2. The summed E-state index contributed by atoms with van der Waals surface area (Å²) in [4.78, 5) is 59.1. The van der Waals surface area contributed by atoms with Crippen LogP contribution >= 0.6 is 27.5 Å². The monoisotopic (exact) mass is 708 g/mol. The summed E-state index contributed by atoms with van der Waals surface area (Å²) in [7, 11) is 0. The summed E-state index contributed by atoms with van der Waals surface area (Å²) in [5, 5.41) is 11.8. The number of phenolic OH excluding ortho intramolecular Hbond substituents is 1. The van der Waals surface area contributed by atoms with E-state index in [-0.39, 0.29) is 18.7 Å². The van der Waals surface area contributed by atoms with Crippen LogP contribution in [0.5, 0.6) is 5.75 Å². The van der Waals surface area contributed by atoms with Crippen molar-refractivity contribution in [3.63, 3.8) is 0 Å². The second kappa shape index (κ2) is 10.8. The predicted octanol–water partition coefficient (Wildman–Crippen LogP) is 5.72. The number of imide groups is 1. The number of phenols is 1. The maximum Gasteiger partial charge on any atom is 0.352 e. The molecule has 1 aliphatic carbocycles. The number of aromatic nitrogens is 3. The number of allylic oxidation sites excluding steroid dienone is 2. The summed E-state index contributed by atoms with van der Waals surface area (Å²) in [5.41, 5.74) is -0.116. The Labute approximate surface area is 281 Å². The fourth-order valence-electron chi connectivity index (χ4n) is 7.90. The fourth-order valence-corrected chi connectivity index (χ4v) is 8.47. The topological polar surface area (TPSA) is 107 Å². The highest BCUT2D eigenvalue weighted by atomic mass is 79.9. The molecule has 2 fully saturated rings. The van der Waals surface area contributed by atoms with E-state index >= 15 is 4.79 Å². The zero-order valence-corrected chi connectivity index (χ0v) is 27.0. The van der Waals surface area contributed by atoms with E-state index < -0.39 is 46.5 Å². The number of para-hydroxylation sites is 1. The molecule has 8 rings (SSSR count). The average molecular weight is 710 g/mol. The molecule has 3 aliphatic rings. The van der Waals surface area contributed by atoms with Gasteiger partial charge in [0, 0.05) is 21.0 Å². The Bertz CT molecular complexity index is 2260. The third-order valence-electron chi connectivity index (χ3n) is 9.74. The van der Waals surface area contributed by atoms with E-state index in [2.05, 4.69) is 15.9 Å². The van der Waals surface area contributed by atoms with Crippen molar-refractivity contribution in [2.45, 2.75) is 30.3 Å². The van der Waals surface area contributed by atoms with Crippen molar-refractivity contribution in [3.05, 3.63) is 156 Å². The molecule has 234 valence electrons. The molecular formula is C36H26BrClN4O5. The summed E-state index contributed by atoms with van der Waals surface area (Å²) in [5.74, 6) is -2.83. The SMILES string of the molecule is O=C1C2CC3C(=CCn4c(=O)n(-c5ccccc5)c(=O)n43)C(c3cc(Br)ccc3O)C2(c2ccccc2)C(=O)N1c1cccc(Cl)c1. The van der Waals surface area contributed by atoms with E-state index in [4.69, 9.17) is 11.6 Å². The molecule has 0 radical (unpaired) electrons. The Balaban J connectivity index is 1.43. The molecule has 1 aromatic heterocycles. The molecule has 1 N–H and O–H groups in total. The summed E-state index contributed by atoms with van der Waals surface area (Å²) >= 11 is 9.90. The Hall–Kier alpha value is -4.93. The van der Waals surface area contributed by atoms with Gasteiger partial charge >= 0.3 is 11.4 Å². The highest BCUT2D eigenvalue weighted by Gasteiger charge is 2.69. The molecule has 5 aromatic rings. The minimum absolute atomic E-state index is 0.0562. The van der Waals surface area contributed by atoms with Crippen LogP contribution in [0.15, 0.2) is 129 Å². The third kappa shape index (κ3) is 4.14. The lowest BCUT2D eigenvalue weighted by molar-refractivity contribution is -0.124. The molecule has 1 saturated carbocycles. The molecule has 11 heteroatoms. The molecule has 3 heterocycles. The zero-order valence-electron chi connectivity index (χ0n) is 24.7. The minimum atomic E-state index is -1.50. The molecule has 2 amide bonds. The smallest absolute Gasteiger partial charge is 0.352 e. The normalized spacial score (nSPS) is 23.2. The van der Waals surface area contributed by atoms with Crippen molar-refractivity contribution in [2.24, 2.45) is 5.92 Å². The number of nitrogens with zero attached hydrogens (tertiary/aromatic N) is 4. The van der Waals surface area contributed by atoms with E-state index in [1.807, 2.05) is 36.4 Å². The van der Waals surface area contributed by atoms with E-state index in [9.17, 15) is 19.5 Å². The maximum atomic E-state index is 15.2. The van der Waals surface area contributed by atoms with Crippen molar-refractivity contribution in [1.29, 1.82) is 0 Å². The number of anilines is 1. The number of fused-ring (bicyclic) bond motifs is 4. The van der Waals surface area contributed by atoms with E-state index in [0.717, 1.165) is 4.57 Å². The number of benzene rings is 4. The van der Waals surface area contributed by atoms with E-state index in [0.29, 0.717) is 37.6 Å². The summed E-state index contributed by atoms with van der Waals surface area (Å²) in [6.45, 7) is 0.0562. The summed E-state index contributed by atoms with van der Waals surface area (Å²) < 4.78 is 4.59. The Kier molecular flexibility index (Phi) is 6.78. The average Bonchev–Trinajstić information content (AvgIpc) is 3.47. The zero-order chi connectivity index (χ0) is 32.6. The molecular weight excluding hydrogens is 684 g/mol. The first-order valence-electron chi connectivity index (χ1n) is 15.1. The van der Waals surface area contributed by atoms with Gasteiger partial charge in [0.25, 0.3) is 0 Å². The highest BCUT2D eigenvalue weighted by Crippen LogP contribution is 2.63. The second-order valence-electron chi connectivity index (χ2n) is 12.0. The van der Waals surface area contributed by atoms with Crippen LogP contribution in [0.25, 0.3) is 5.69 Å². The standard InChI is InChI=1S/C36H26BrClN4O5/c37-22-14-15-30(43)27(18-22)31-26-16-17-39-34(46)41(24-11-5-2-6-12-24)35(47)42(39)29(26)20-28-32(44)40(25-13-7-10-23(38)19-25)33(45)36(28,31)21-8-3-1-4-9-21/h1-16,18-19,28-29,31,43H,17,20H2. The summed E-state index contributed by atoms with van der Waals surface area (Å²) in [6, 6.07) is 28.6. The van der Waals surface area contributed by atoms with Crippen LogP contribution in [0, 0.1) is 5.92 Å². The maximum absolute atomic E-state index is 15.2. The number of aromatic hydroxyl groups is 1. The molecule has 2 aliphatic heterocycles. The number of hydrogen-bond donors (Lipinski definition) is 1. The molecule has 0 bridgehead atoms. The van der Waals surface area contributed by atoms with Gasteiger partial charge in [0.2, 0.25) is 11.8 Å². The van der Waals surface area contributed by atoms with Crippen LogP contribution in [0.3, 0.4) is 0 Å². The van der Waals surface area contributed by atoms with Crippen LogP contribution in [0.1, 0.15) is 29.5 Å². The van der Waals surface area contributed by atoms with Crippen LogP contribution in [-0.4, -0.2) is 30.9 Å². The van der Waals surface area contributed by atoms with Gasteiger partial charge in [-0.05, 0) is 66.1 Å². The van der Waals surface area contributed by atoms with Gasteiger partial charge in [-0.3, -0.25) is 9.59 Å². The lowest BCUT2D eigenvalue weighted by Gasteiger charge is -2.49. The Morgan fingerprint density at radius 1 is 0.809 bits per heavy atom.